The molecule has 0 aliphatic heterocycles. The number of benzene rings is 9. The molecule has 13 rings (SSSR count). The average Bonchev–Trinajstić information content (AvgIpc) is 3.97. The van der Waals surface area contributed by atoms with Crippen LogP contribution in [0.25, 0.3) is 111 Å². The van der Waals surface area contributed by atoms with Crippen LogP contribution in [-0.2, 0) is 5.41 Å². The molecule has 1 aliphatic carbocycles. The fraction of sp³-hybridized carbons (Fsp3) is 0.0492. The zero-order valence-corrected chi connectivity index (χ0v) is 36.1. The minimum atomic E-state index is -0.131. The summed E-state index contributed by atoms with van der Waals surface area (Å²) in [5.41, 5.74) is 19.1. The van der Waals surface area contributed by atoms with Crippen LogP contribution in [0, 0.1) is 0 Å². The molecule has 0 bridgehead atoms. The Hall–Kier alpha value is -8.34. The van der Waals surface area contributed by atoms with Gasteiger partial charge in [-0.05, 0) is 100 Å². The molecule has 3 heterocycles. The fourth-order valence-corrected chi connectivity index (χ4v) is 10.6. The summed E-state index contributed by atoms with van der Waals surface area (Å²) in [7, 11) is 0. The van der Waals surface area contributed by atoms with Crippen molar-refractivity contribution in [1.29, 1.82) is 0 Å². The number of rotatable bonds is 6. The van der Waals surface area contributed by atoms with Crippen LogP contribution in [0.15, 0.2) is 218 Å². The fourth-order valence-electron chi connectivity index (χ4n) is 10.6. The van der Waals surface area contributed by atoms with Crippen LogP contribution >= 0.6 is 0 Å². The van der Waals surface area contributed by atoms with Gasteiger partial charge < -0.3 is 9.13 Å². The first-order valence-corrected chi connectivity index (χ1v) is 22.4. The van der Waals surface area contributed by atoms with Gasteiger partial charge in [0.1, 0.15) is 0 Å². The highest BCUT2D eigenvalue weighted by molar-refractivity contribution is 6.10. The van der Waals surface area contributed by atoms with Gasteiger partial charge in [-0.3, -0.25) is 0 Å². The number of nitrogens with zero attached hydrogens (tertiary/aromatic N) is 4. The first-order valence-electron chi connectivity index (χ1n) is 22.4. The molecule has 4 heteroatoms. The number of para-hydroxylation sites is 4. The molecule has 1 aliphatic rings. The summed E-state index contributed by atoms with van der Waals surface area (Å²) < 4.78 is 4.76. The summed E-state index contributed by atoms with van der Waals surface area (Å²) in [5.74, 6) is 0.672. The number of aromatic nitrogens is 4. The Balaban J connectivity index is 1.01. The van der Waals surface area contributed by atoms with Gasteiger partial charge >= 0.3 is 0 Å². The third kappa shape index (κ3) is 5.84. The normalized spacial score (nSPS) is 12.9. The molecule has 4 nitrogen and oxygen atoms in total. The van der Waals surface area contributed by atoms with Crippen molar-refractivity contribution in [2.45, 2.75) is 19.3 Å². The van der Waals surface area contributed by atoms with Gasteiger partial charge in [0.05, 0.1) is 33.5 Å². The van der Waals surface area contributed by atoms with Crippen molar-refractivity contribution >= 4 is 43.6 Å². The van der Waals surface area contributed by atoms with Gasteiger partial charge in [-0.2, -0.15) is 0 Å². The lowest BCUT2D eigenvalue weighted by molar-refractivity contribution is 0.660. The lowest BCUT2D eigenvalue weighted by atomic mass is 9.81. The van der Waals surface area contributed by atoms with Crippen LogP contribution in [0.3, 0.4) is 0 Å². The van der Waals surface area contributed by atoms with Crippen LogP contribution in [-0.4, -0.2) is 19.1 Å². The van der Waals surface area contributed by atoms with Crippen LogP contribution in [0.1, 0.15) is 25.0 Å². The van der Waals surface area contributed by atoms with Crippen molar-refractivity contribution in [1.82, 2.24) is 19.1 Å². The van der Waals surface area contributed by atoms with Crippen LogP contribution in [0.5, 0.6) is 0 Å². The molecule has 0 saturated heterocycles. The molecule has 0 atom stereocenters. The summed E-state index contributed by atoms with van der Waals surface area (Å²) in [5, 5.41) is 4.94. The van der Waals surface area contributed by atoms with E-state index in [2.05, 4.69) is 241 Å². The molecule has 0 amide bonds. The van der Waals surface area contributed by atoms with Gasteiger partial charge in [0.2, 0.25) is 0 Å². The summed E-state index contributed by atoms with van der Waals surface area (Å²) in [6.45, 7) is 4.70. The maximum atomic E-state index is 5.45. The molecular weight excluding hydrogens is 789 g/mol. The lowest BCUT2D eigenvalue weighted by Crippen LogP contribution is -2.14. The third-order valence-corrected chi connectivity index (χ3v) is 13.7. The van der Waals surface area contributed by atoms with E-state index >= 15 is 0 Å². The molecule has 0 saturated carbocycles. The van der Waals surface area contributed by atoms with Gasteiger partial charge in [-0.15, -0.1) is 0 Å². The summed E-state index contributed by atoms with van der Waals surface area (Å²) in [6.07, 6.45) is 0. The van der Waals surface area contributed by atoms with Gasteiger partial charge in [-0.1, -0.05) is 166 Å². The smallest absolute Gasteiger partial charge is 0.160 e. The SMILES string of the molecule is CC1(C)c2ccccc2-c2ccc(-c3cc(-c4nc(-c5ccccc5)cc(-c5ccc(-n6c7ccccc7c7ccccc76)cc5)n4)cc(-n4c5ccccc5c5ccccc54)c3)cc21. The quantitative estimate of drug-likeness (QED) is 0.167. The van der Waals surface area contributed by atoms with E-state index in [-0.39, 0.29) is 5.41 Å². The first-order chi connectivity index (χ1) is 32.0. The van der Waals surface area contributed by atoms with E-state index in [0.717, 1.165) is 61.6 Å². The molecule has 0 spiro atoms. The Morgan fingerprint density at radius 2 is 0.785 bits per heavy atom. The van der Waals surface area contributed by atoms with Crippen molar-refractivity contribution in [2.24, 2.45) is 0 Å². The molecule has 65 heavy (non-hydrogen) atoms. The highest BCUT2D eigenvalue weighted by Crippen LogP contribution is 2.50. The zero-order valence-electron chi connectivity index (χ0n) is 36.1. The van der Waals surface area contributed by atoms with Gasteiger partial charge in [0.15, 0.2) is 5.82 Å². The molecule has 0 unspecified atom stereocenters. The zero-order chi connectivity index (χ0) is 43.2. The van der Waals surface area contributed by atoms with Crippen molar-refractivity contribution < 1.29 is 0 Å². The van der Waals surface area contributed by atoms with E-state index in [1.54, 1.807) is 0 Å². The summed E-state index contributed by atoms with van der Waals surface area (Å²) in [6, 6.07) is 78.9. The Labute approximate surface area is 377 Å². The molecule has 3 aromatic heterocycles. The van der Waals surface area contributed by atoms with E-state index < -0.39 is 0 Å². The van der Waals surface area contributed by atoms with Crippen molar-refractivity contribution in [3.05, 3.63) is 230 Å². The molecule has 0 N–H and O–H groups in total. The summed E-state index contributed by atoms with van der Waals surface area (Å²) >= 11 is 0. The standard InChI is InChI=1S/C61H42N4/c1-61(2)52-23-11-6-18-46(52)47-33-30-41(37-53(47)61)42-34-43(36-45(35-42)65-58-26-14-9-21-50(58)51-22-10-15-27-59(51)65)60-62-54(39-16-4-3-5-17-39)38-55(63-60)40-28-31-44(32-29-40)64-56-24-12-7-19-48(56)49-20-8-13-25-57(49)64/h3-38H,1-2H3. The Morgan fingerprint density at radius 3 is 1.38 bits per heavy atom. The second-order valence-corrected chi connectivity index (χ2v) is 17.8. The number of fused-ring (bicyclic) bond motifs is 9. The Kier molecular flexibility index (Phi) is 8.22. The minimum absolute atomic E-state index is 0.131. The van der Waals surface area contributed by atoms with Crippen LogP contribution in [0.4, 0.5) is 0 Å². The molecule has 9 aromatic carbocycles. The van der Waals surface area contributed by atoms with Crippen molar-refractivity contribution in [2.75, 3.05) is 0 Å². The predicted molar refractivity (Wildman–Crippen MR) is 270 cm³/mol. The van der Waals surface area contributed by atoms with Gasteiger partial charge in [-0.25, -0.2) is 9.97 Å². The van der Waals surface area contributed by atoms with Crippen molar-refractivity contribution in [3.63, 3.8) is 0 Å². The first kappa shape index (κ1) is 37.2. The molecule has 12 aromatic rings. The van der Waals surface area contributed by atoms with Gasteiger partial charge in [0.25, 0.3) is 0 Å². The second kappa shape index (κ2) is 14.3. The minimum Gasteiger partial charge on any atom is -0.309 e. The largest absolute Gasteiger partial charge is 0.309 e. The highest BCUT2D eigenvalue weighted by Gasteiger charge is 2.35. The second-order valence-electron chi connectivity index (χ2n) is 17.8. The van der Waals surface area contributed by atoms with Crippen LogP contribution < -0.4 is 0 Å². The maximum Gasteiger partial charge on any atom is 0.160 e. The highest BCUT2D eigenvalue weighted by atomic mass is 15.0. The van der Waals surface area contributed by atoms with E-state index in [4.69, 9.17) is 9.97 Å². The third-order valence-electron chi connectivity index (χ3n) is 13.7. The Morgan fingerprint density at radius 1 is 0.323 bits per heavy atom. The van der Waals surface area contributed by atoms with E-state index in [9.17, 15) is 0 Å². The maximum absolute atomic E-state index is 5.45. The average molecular weight is 831 g/mol. The monoisotopic (exact) mass is 830 g/mol. The molecule has 306 valence electrons. The van der Waals surface area contributed by atoms with E-state index in [1.807, 2.05) is 0 Å². The summed E-state index contributed by atoms with van der Waals surface area (Å²) in [4.78, 5) is 10.8. The Bertz CT molecular complexity index is 3740. The lowest BCUT2D eigenvalue weighted by Gasteiger charge is -2.22. The molecule has 0 radical (unpaired) electrons. The van der Waals surface area contributed by atoms with Crippen LogP contribution in [0.2, 0.25) is 0 Å². The van der Waals surface area contributed by atoms with Crippen molar-refractivity contribution in [3.8, 4) is 67.5 Å². The van der Waals surface area contributed by atoms with Gasteiger partial charge in [0, 0.05) is 55.0 Å². The number of hydrogen-bond acceptors (Lipinski definition) is 2. The topological polar surface area (TPSA) is 35.6 Å². The van der Waals surface area contributed by atoms with E-state index in [1.165, 1.54) is 54.8 Å². The van der Waals surface area contributed by atoms with E-state index in [0.29, 0.717) is 5.82 Å². The molecular formula is C61H42N4. The molecule has 0 fully saturated rings. The number of hydrogen-bond donors (Lipinski definition) is 0. The predicted octanol–water partition coefficient (Wildman–Crippen LogP) is 15.6.